The molecule has 7 heteroatoms. The fourth-order valence-corrected chi connectivity index (χ4v) is 3.46. The summed E-state index contributed by atoms with van der Waals surface area (Å²) < 4.78 is 10.8. The number of amides is 1. The smallest absolute Gasteiger partial charge is 0.303 e. The van der Waals surface area contributed by atoms with Gasteiger partial charge in [0.25, 0.3) is 0 Å². The van der Waals surface area contributed by atoms with Crippen molar-refractivity contribution in [2.75, 3.05) is 6.79 Å². The fourth-order valence-electron chi connectivity index (χ4n) is 3.46. The predicted octanol–water partition coefficient (Wildman–Crippen LogP) is 3.27. The number of hydrazone groups is 1. The molecule has 2 aliphatic heterocycles. The molecule has 4 rings (SSSR count). The summed E-state index contributed by atoms with van der Waals surface area (Å²) in [7, 11) is 0. The normalized spacial score (nSPS) is 17.5. The number of hydrogen-bond acceptors (Lipinski definition) is 5. The van der Waals surface area contributed by atoms with Gasteiger partial charge in [-0.25, -0.2) is 5.01 Å². The first-order valence-corrected chi connectivity index (χ1v) is 9.09. The van der Waals surface area contributed by atoms with E-state index in [1.807, 2.05) is 49.4 Å². The van der Waals surface area contributed by atoms with Crippen LogP contribution in [0.2, 0.25) is 0 Å². The molecule has 7 nitrogen and oxygen atoms in total. The number of carbonyl (C=O) groups excluding carboxylic acids is 1. The van der Waals surface area contributed by atoms with Crippen LogP contribution in [0, 0.1) is 6.92 Å². The second kappa shape index (κ2) is 7.34. The second-order valence-corrected chi connectivity index (χ2v) is 6.88. The zero-order valence-corrected chi connectivity index (χ0v) is 15.4. The van der Waals surface area contributed by atoms with E-state index in [1.54, 1.807) is 0 Å². The summed E-state index contributed by atoms with van der Waals surface area (Å²) >= 11 is 0. The second-order valence-electron chi connectivity index (χ2n) is 6.88. The van der Waals surface area contributed by atoms with Gasteiger partial charge >= 0.3 is 5.97 Å². The van der Waals surface area contributed by atoms with Crippen LogP contribution in [0.5, 0.6) is 11.5 Å². The number of aryl methyl sites for hydroxylation is 1. The largest absolute Gasteiger partial charge is 0.481 e. The molecular formula is C21H20N2O5. The van der Waals surface area contributed by atoms with Crippen molar-refractivity contribution in [3.8, 4) is 11.5 Å². The monoisotopic (exact) mass is 380 g/mol. The van der Waals surface area contributed by atoms with Gasteiger partial charge in [-0.15, -0.1) is 0 Å². The Bertz CT molecular complexity index is 969. The Hall–Kier alpha value is -3.35. The summed E-state index contributed by atoms with van der Waals surface area (Å²) in [5.74, 6) is 0.0409. The molecular weight excluding hydrogens is 360 g/mol. The minimum atomic E-state index is -1.00. The lowest BCUT2D eigenvalue weighted by molar-refractivity contribution is -0.141. The van der Waals surface area contributed by atoms with Crippen LogP contribution in [-0.2, 0) is 9.59 Å². The first-order chi connectivity index (χ1) is 13.5. The zero-order chi connectivity index (χ0) is 19.7. The molecule has 0 radical (unpaired) electrons. The van der Waals surface area contributed by atoms with Gasteiger partial charge in [0.2, 0.25) is 12.7 Å². The molecule has 0 fully saturated rings. The maximum atomic E-state index is 12.7. The van der Waals surface area contributed by atoms with Crippen LogP contribution in [0.3, 0.4) is 0 Å². The molecule has 1 unspecified atom stereocenters. The molecule has 0 saturated heterocycles. The van der Waals surface area contributed by atoms with Crippen LogP contribution in [0.25, 0.3) is 0 Å². The summed E-state index contributed by atoms with van der Waals surface area (Å²) in [6.45, 7) is 2.19. The van der Waals surface area contributed by atoms with E-state index in [1.165, 1.54) is 5.01 Å². The highest BCUT2D eigenvalue weighted by Gasteiger charge is 2.33. The lowest BCUT2D eigenvalue weighted by Gasteiger charge is -2.22. The van der Waals surface area contributed by atoms with Gasteiger partial charge in [-0.3, -0.25) is 9.59 Å². The molecule has 2 aromatic rings. The van der Waals surface area contributed by atoms with Crippen molar-refractivity contribution in [1.29, 1.82) is 0 Å². The van der Waals surface area contributed by atoms with Crippen LogP contribution < -0.4 is 9.47 Å². The minimum absolute atomic E-state index is 0.0877. The van der Waals surface area contributed by atoms with E-state index < -0.39 is 5.97 Å². The molecule has 0 aliphatic carbocycles. The molecule has 144 valence electrons. The Morgan fingerprint density at radius 1 is 1.14 bits per heavy atom. The van der Waals surface area contributed by atoms with Crippen molar-refractivity contribution in [1.82, 2.24) is 5.01 Å². The average molecular weight is 380 g/mol. The number of hydrogen-bond donors (Lipinski definition) is 1. The van der Waals surface area contributed by atoms with E-state index in [0.29, 0.717) is 17.9 Å². The van der Waals surface area contributed by atoms with Crippen molar-refractivity contribution in [2.24, 2.45) is 5.10 Å². The van der Waals surface area contributed by atoms with Gasteiger partial charge in [-0.1, -0.05) is 29.8 Å². The minimum Gasteiger partial charge on any atom is -0.481 e. The number of nitrogens with zero attached hydrogens (tertiary/aromatic N) is 2. The molecule has 2 aromatic carbocycles. The van der Waals surface area contributed by atoms with E-state index >= 15 is 0 Å². The highest BCUT2D eigenvalue weighted by atomic mass is 16.7. The molecule has 2 heterocycles. The predicted molar refractivity (Wildman–Crippen MR) is 101 cm³/mol. The molecule has 0 bridgehead atoms. The van der Waals surface area contributed by atoms with Crippen molar-refractivity contribution >= 4 is 17.6 Å². The molecule has 0 spiro atoms. The van der Waals surface area contributed by atoms with Crippen molar-refractivity contribution in [2.45, 2.75) is 32.2 Å². The van der Waals surface area contributed by atoms with Gasteiger partial charge in [-0.05, 0) is 30.7 Å². The molecule has 2 aliphatic rings. The summed E-state index contributed by atoms with van der Waals surface area (Å²) in [5, 5.41) is 14.9. The zero-order valence-electron chi connectivity index (χ0n) is 15.4. The lowest BCUT2D eigenvalue weighted by Crippen LogP contribution is -2.27. The van der Waals surface area contributed by atoms with Crippen LogP contribution in [-0.4, -0.2) is 34.5 Å². The van der Waals surface area contributed by atoms with Gasteiger partial charge in [0.15, 0.2) is 11.5 Å². The van der Waals surface area contributed by atoms with Gasteiger partial charge in [0.05, 0.1) is 18.2 Å². The Labute approximate surface area is 162 Å². The quantitative estimate of drug-likeness (QED) is 0.860. The first-order valence-electron chi connectivity index (χ1n) is 9.09. The highest BCUT2D eigenvalue weighted by Crippen LogP contribution is 2.37. The Kier molecular flexibility index (Phi) is 4.73. The van der Waals surface area contributed by atoms with Gasteiger partial charge < -0.3 is 14.6 Å². The SMILES string of the molecule is Cc1cccc(C2CC(c3ccc4c(c3)OCO4)=NN2C(=O)CCC(=O)O)c1. The van der Waals surface area contributed by atoms with Crippen LogP contribution in [0.15, 0.2) is 47.6 Å². The number of benzene rings is 2. The highest BCUT2D eigenvalue weighted by molar-refractivity contribution is 6.03. The molecule has 1 atom stereocenters. The molecule has 1 amide bonds. The summed E-state index contributed by atoms with van der Waals surface area (Å²) in [5.41, 5.74) is 3.68. The maximum absolute atomic E-state index is 12.7. The molecule has 0 aromatic heterocycles. The van der Waals surface area contributed by atoms with Crippen molar-refractivity contribution in [3.05, 3.63) is 59.2 Å². The Balaban J connectivity index is 1.65. The van der Waals surface area contributed by atoms with E-state index in [9.17, 15) is 9.59 Å². The standard InChI is InChI=1S/C21H20N2O5/c1-13-3-2-4-15(9-13)17-11-16(22-23(17)20(24)7-8-21(25)26)14-5-6-18-19(10-14)28-12-27-18/h2-6,9-10,17H,7-8,11-12H2,1H3,(H,25,26). The van der Waals surface area contributed by atoms with Crippen LogP contribution in [0.4, 0.5) is 0 Å². The number of aliphatic carboxylic acids is 1. The maximum Gasteiger partial charge on any atom is 0.303 e. The first kappa shape index (κ1) is 18.0. The van der Waals surface area contributed by atoms with Gasteiger partial charge in [0, 0.05) is 18.4 Å². The van der Waals surface area contributed by atoms with Gasteiger partial charge in [0.1, 0.15) is 0 Å². The van der Waals surface area contributed by atoms with E-state index in [2.05, 4.69) is 5.10 Å². The summed E-state index contributed by atoms with van der Waals surface area (Å²) in [6.07, 6.45) is 0.238. The molecule has 28 heavy (non-hydrogen) atoms. The average Bonchev–Trinajstić information content (AvgIpc) is 3.32. The summed E-state index contributed by atoms with van der Waals surface area (Å²) in [6, 6.07) is 13.3. The number of carboxylic acid groups (broad SMARTS) is 1. The third-order valence-corrected chi connectivity index (χ3v) is 4.85. The van der Waals surface area contributed by atoms with Gasteiger partial charge in [-0.2, -0.15) is 5.10 Å². The molecule has 1 N–H and O–H groups in total. The Morgan fingerprint density at radius 2 is 1.96 bits per heavy atom. The molecule has 0 saturated carbocycles. The third-order valence-electron chi connectivity index (χ3n) is 4.85. The van der Waals surface area contributed by atoms with Crippen molar-refractivity contribution in [3.63, 3.8) is 0 Å². The van der Waals surface area contributed by atoms with E-state index in [0.717, 1.165) is 22.4 Å². The Morgan fingerprint density at radius 3 is 2.75 bits per heavy atom. The topological polar surface area (TPSA) is 88.4 Å². The fraction of sp³-hybridized carbons (Fsp3) is 0.286. The van der Waals surface area contributed by atoms with Crippen molar-refractivity contribution < 1.29 is 24.2 Å². The number of carboxylic acids is 1. The number of rotatable bonds is 5. The van der Waals surface area contributed by atoms with E-state index in [-0.39, 0.29) is 31.6 Å². The van der Waals surface area contributed by atoms with E-state index in [4.69, 9.17) is 14.6 Å². The summed E-state index contributed by atoms with van der Waals surface area (Å²) in [4.78, 5) is 23.6. The van der Waals surface area contributed by atoms with Crippen LogP contribution in [0.1, 0.15) is 42.0 Å². The lowest BCUT2D eigenvalue weighted by atomic mass is 9.97. The number of ether oxygens (including phenoxy) is 2. The van der Waals surface area contributed by atoms with Crippen LogP contribution >= 0.6 is 0 Å². The number of carbonyl (C=O) groups is 2. The number of fused-ring (bicyclic) bond motifs is 1. The third kappa shape index (κ3) is 3.55.